The minimum absolute atomic E-state index is 0.124. The van der Waals surface area contributed by atoms with E-state index in [2.05, 4.69) is 12.6 Å². The van der Waals surface area contributed by atoms with Gasteiger partial charge >= 0.3 is 0 Å². The zero-order chi connectivity index (χ0) is 8.72. The molecule has 0 amide bonds. The number of hydrogen-bond acceptors (Lipinski definition) is 2. The van der Waals surface area contributed by atoms with Gasteiger partial charge in [-0.05, 0) is 24.6 Å². The number of rotatable bonds is 0. The smallest absolute Gasteiger partial charge is 0.141 e. The molecule has 62 valence electrons. The van der Waals surface area contributed by atoms with Gasteiger partial charge in [0.15, 0.2) is 0 Å². The first kappa shape index (κ1) is 8.08. The highest BCUT2D eigenvalue weighted by molar-refractivity contribution is 7.80. The summed E-state index contributed by atoms with van der Waals surface area (Å²) < 4.78 is 14.1. The van der Waals surface area contributed by atoms with E-state index in [4.69, 9.17) is 0 Å². The van der Waals surface area contributed by atoms with Crippen molar-refractivity contribution in [3.05, 3.63) is 28.9 Å². The van der Waals surface area contributed by atoms with Gasteiger partial charge in [0.2, 0.25) is 0 Å². The number of thiophene rings is 1. The Morgan fingerprint density at radius 3 is 2.92 bits per heavy atom. The molecule has 0 unspecified atom stereocenters. The van der Waals surface area contributed by atoms with Gasteiger partial charge in [-0.3, -0.25) is 0 Å². The molecule has 1 heterocycles. The summed E-state index contributed by atoms with van der Waals surface area (Å²) in [4.78, 5) is 0.891. The molecule has 1 aromatic carbocycles. The highest BCUT2D eigenvalue weighted by Crippen LogP contribution is 2.29. The minimum Gasteiger partial charge on any atom is -0.205 e. The van der Waals surface area contributed by atoms with E-state index >= 15 is 0 Å². The van der Waals surface area contributed by atoms with Crippen molar-refractivity contribution >= 4 is 34.1 Å². The maximum atomic E-state index is 13.1. The molecule has 3 heteroatoms. The Balaban J connectivity index is 2.93. The lowest BCUT2D eigenvalue weighted by Gasteiger charge is -1.97. The van der Waals surface area contributed by atoms with Crippen molar-refractivity contribution in [2.45, 2.75) is 11.8 Å². The summed E-state index contributed by atoms with van der Waals surface area (Å²) in [6.45, 7) is 1.90. The molecule has 2 rings (SSSR count). The summed E-state index contributed by atoms with van der Waals surface area (Å²) in [5, 5.41) is 2.27. The molecule has 0 atom stereocenters. The molecular weight excluding hydrogens is 191 g/mol. The van der Waals surface area contributed by atoms with Gasteiger partial charge in [0.1, 0.15) is 5.82 Å². The zero-order valence-electron chi connectivity index (χ0n) is 6.47. The van der Waals surface area contributed by atoms with Crippen LogP contribution in [0.4, 0.5) is 4.39 Å². The van der Waals surface area contributed by atoms with Crippen molar-refractivity contribution in [1.82, 2.24) is 0 Å². The fourth-order valence-corrected chi connectivity index (χ4v) is 2.64. The number of fused-ring (bicyclic) bond motifs is 1. The van der Waals surface area contributed by atoms with Crippen LogP contribution >= 0.6 is 24.0 Å². The van der Waals surface area contributed by atoms with E-state index in [1.165, 1.54) is 16.7 Å². The van der Waals surface area contributed by atoms with E-state index in [0.29, 0.717) is 0 Å². The Hall–Kier alpha value is -0.540. The quantitative estimate of drug-likeness (QED) is 0.614. The lowest BCUT2D eigenvalue weighted by molar-refractivity contribution is 0.643. The molecule has 0 aliphatic carbocycles. The van der Waals surface area contributed by atoms with Gasteiger partial charge in [0, 0.05) is 20.4 Å². The SMILES string of the molecule is Cc1cc(S)cc2scc(F)c12. The van der Waals surface area contributed by atoms with Crippen molar-refractivity contribution in [2.75, 3.05) is 0 Å². The van der Waals surface area contributed by atoms with Crippen LogP contribution in [-0.4, -0.2) is 0 Å². The molecule has 0 radical (unpaired) electrons. The Morgan fingerprint density at radius 2 is 2.17 bits per heavy atom. The first-order valence-corrected chi connectivity index (χ1v) is 4.87. The van der Waals surface area contributed by atoms with E-state index in [1.807, 2.05) is 19.1 Å². The molecule has 2 aromatic rings. The second kappa shape index (κ2) is 2.75. The number of halogens is 1. The molecule has 0 saturated heterocycles. The van der Waals surface area contributed by atoms with E-state index in [9.17, 15) is 4.39 Å². The van der Waals surface area contributed by atoms with Gasteiger partial charge in [-0.15, -0.1) is 24.0 Å². The molecule has 0 nitrogen and oxygen atoms in total. The number of benzene rings is 1. The number of aryl methyl sites for hydroxylation is 1. The first-order chi connectivity index (χ1) is 5.68. The Morgan fingerprint density at radius 1 is 1.42 bits per heavy atom. The highest BCUT2D eigenvalue weighted by Gasteiger charge is 2.06. The third-order valence-corrected chi connectivity index (χ3v) is 2.97. The fourth-order valence-electron chi connectivity index (χ4n) is 1.31. The monoisotopic (exact) mass is 198 g/mol. The van der Waals surface area contributed by atoms with Gasteiger partial charge in [-0.25, -0.2) is 4.39 Å². The second-order valence-electron chi connectivity index (χ2n) is 2.72. The molecule has 1 aromatic heterocycles. The molecule has 0 bridgehead atoms. The van der Waals surface area contributed by atoms with Gasteiger partial charge in [0.25, 0.3) is 0 Å². The summed E-state index contributed by atoms with van der Waals surface area (Å²) in [7, 11) is 0. The number of thiol groups is 1. The van der Waals surface area contributed by atoms with Gasteiger partial charge in [0.05, 0.1) is 0 Å². The van der Waals surface area contributed by atoms with Crippen molar-refractivity contribution in [1.29, 1.82) is 0 Å². The summed E-state index contributed by atoms with van der Waals surface area (Å²) in [5.41, 5.74) is 0.955. The number of hydrogen-bond donors (Lipinski definition) is 1. The van der Waals surface area contributed by atoms with Crippen LogP contribution in [0.1, 0.15) is 5.56 Å². The van der Waals surface area contributed by atoms with Crippen LogP contribution in [0, 0.1) is 12.7 Å². The minimum atomic E-state index is -0.124. The zero-order valence-corrected chi connectivity index (χ0v) is 8.18. The van der Waals surface area contributed by atoms with Crippen LogP contribution in [0.5, 0.6) is 0 Å². The van der Waals surface area contributed by atoms with Gasteiger partial charge in [-0.2, -0.15) is 0 Å². The van der Waals surface area contributed by atoms with Crippen LogP contribution in [0.3, 0.4) is 0 Å². The van der Waals surface area contributed by atoms with Crippen LogP contribution < -0.4 is 0 Å². The average molecular weight is 198 g/mol. The largest absolute Gasteiger partial charge is 0.205 e. The maximum Gasteiger partial charge on any atom is 0.141 e. The second-order valence-corrected chi connectivity index (χ2v) is 4.15. The Kier molecular flexibility index (Phi) is 1.85. The summed E-state index contributed by atoms with van der Waals surface area (Å²) in [6, 6.07) is 3.76. The molecule has 0 fully saturated rings. The molecule has 0 saturated carbocycles. The predicted molar refractivity (Wildman–Crippen MR) is 53.8 cm³/mol. The summed E-state index contributed by atoms with van der Waals surface area (Å²) in [6.07, 6.45) is 0. The fraction of sp³-hybridized carbons (Fsp3) is 0.111. The third-order valence-electron chi connectivity index (χ3n) is 1.81. The van der Waals surface area contributed by atoms with Crippen LogP contribution in [0.15, 0.2) is 22.4 Å². The van der Waals surface area contributed by atoms with E-state index in [-0.39, 0.29) is 5.82 Å². The first-order valence-electron chi connectivity index (χ1n) is 3.55. The Bertz CT molecular complexity index is 431. The van der Waals surface area contributed by atoms with Crippen molar-refractivity contribution < 1.29 is 4.39 Å². The van der Waals surface area contributed by atoms with Crippen LogP contribution in [0.2, 0.25) is 0 Å². The molecule has 0 aliphatic rings. The van der Waals surface area contributed by atoms with Crippen molar-refractivity contribution in [3.8, 4) is 0 Å². The average Bonchev–Trinajstić information content (AvgIpc) is 2.31. The summed E-state index contributed by atoms with van der Waals surface area (Å²) in [5.74, 6) is -0.124. The standard InChI is InChI=1S/C9H7FS2/c1-5-2-6(11)3-8-9(5)7(10)4-12-8/h2-4,11H,1H3. The van der Waals surface area contributed by atoms with E-state index in [1.54, 1.807) is 0 Å². The molecule has 0 spiro atoms. The lowest BCUT2D eigenvalue weighted by atomic mass is 10.1. The van der Waals surface area contributed by atoms with E-state index < -0.39 is 0 Å². The highest BCUT2D eigenvalue weighted by atomic mass is 32.1. The van der Waals surface area contributed by atoms with E-state index in [0.717, 1.165) is 20.5 Å². The van der Waals surface area contributed by atoms with Crippen molar-refractivity contribution in [2.24, 2.45) is 0 Å². The molecule has 12 heavy (non-hydrogen) atoms. The maximum absolute atomic E-state index is 13.1. The normalized spacial score (nSPS) is 10.9. The van der Waals surface area contributed by atoms with Crippen LogP contribution in [-0.2, 0) is 0 Å². The molecule has 0 aliphatic heterocycles. The lowest BCUT2D eigenvalue weighted by Crippen LogP contribution is -1.77. The molecular formula is C9H7FS2. The summed E-state index contributed by atoms with van der Waals surface area (Å²) >= 11 is 5.64. The Labute approximate surface area is 79.4 Å². The predicted octanol–water partition coefficient (Wildman–Crippen LogP) is 3.64. The van der Waals surface area contributed by atoms with Gasteiger partial charge in [-0.1, -0.05) is 0 Å². The van der Waals surface area contributed by atoms with Crippen LogP contribution in [0.25, 0.3) is 10.1 Å². The van der Waals surface area contributed by atoms with Gasteiger partial charge < -0.3 is 0 Å². The topological polar surface area (TPSA) is 0 Å². The molecule has 0 N–H and O–H groups in total. The third kappa shape index (κ3) is 1.13. The van der Waals surface area contributed by atoms with Crippen molar-refractivity contribution in [3.63, 3.8) is 0 Å².